The van der Waals surface area contributed by atoms with Gasteiger partial charge in [0.25, 0.3) is 0 Å². The van der Waals surface area contributed by atoms with E-state index in [4.69, 9.17) is 20.3 Å². The van der Waals surface area contributed by atoms with Crippen molar-refractivity contribution >= 4 is 28.6 Å². The number of carboxylic acid groups (broad SMARTS) is 2. The zero-order valence-corrected chi connectivity index (χ0v) is 25.6. The minimum absolute atomic E-state index is 0. The molecule has 0 unspecified atom stereocenters. The van der Waals surface area contributed by atoms with Crippen LogP contribution in [0.15, 0.2) is 0 Å². The van der Waals surface area contributed by atoms with Crippen molar-refractivity contribution in [1.82, 2.24) is 0 Å². The average molecular weight is 556 g/mol. The van der Waals surface area contributed by atoms with Crippen molar-refractivity contribution in [2.45, 2.75) is 104 Å². The zero-order valence-electron chi connectivity index (χ0n) is 22.6. The summed E-state index contributed by atoms with van der Waals surface area (Å²) in [4.78, 5) is 21.2. The van der Waals surface area contributed by atoms with E-state index in [1.807, 2.05) is 0 Å². The predicted octanol–water partition coefficient (Wildman–Crippen LogP) is 1.44. The van der Waals surface area contributed by atoms with Crippen LogP contribution in [-0.4, -0.2) is 53.9 Å². The Morgan fingerprint density at radius 3 is 1.09 bits per heavy atom. The Morgan fingerprint density at radius 1 is 0.727 bits per heavy atom. The first-order chi connectivity index (χ1) is 14.0. The second-order valence-corrected chi connectivity index (χ2v) is 21.4. The number of hydrogen-bond acceptors (Lipinski definition) is 8. The number of hydrogen-bond donors (Lipinski definition) is 2. The number of rotatable bonds is 10. The Labute approximate surface area is 214 Å². The fraction of sp³-hybridized carbons (Fsp3) is 0.909. The summed E-state index contributed by atoms with van der Waals surface area (Å²) in [5.74, 6) is -2.88. The normalized spacial score (nSPS) is 16.4. The monoisotopic (exact) mass is 555 g/mol. The van der Waals surface area contributed by atoms with Gasteiger partial charge < -0.3 is 40.1 Å². The SMILES string of the molecule is C[C@@H](CO[Si](C)(C)C(C)(C)C)[C@@H](N)C(=O)[O-].C[C@@H](CO[Si](C)(C)C(C)(C)C)[C@@H](N)C(=O)[O-].[Cu+2]. The molecule has 0 fully saturated rings. The smallest absolute Gasteiger partial charge is 0.548 e. The van der Waals surface area contributed by atoms with Crippen LogP contribution in [0.25, 0.3) is 0 Å². The van der Waals surface area contributed by atoms with Crippen molar-refractivity contribution in [3.05, 3.63) is 0 Å². The summed E-state index contributed by atoms with van der Waals surface area (Å²) < 4.78 is 11.8. The number of carbonyl (C=O) groups excluding carboxylic acids is 2. The van der Waals surface area contributed by atoms with Gasteiger partial charge in [-0.2, -0.15) is 0 Å². The van der Waals surface area contributed by atoms with Crippen LogP contribution in [0, 0.1) is 11.8 Å². The first kappa shape index (κ1) is 37.3. The van der Waals surface area contributed by atoms with Gasteiger partial charge in [-0.1, -0.05) is 55.4 Å². The first-order valence-electron chi connectivity index (χ1n) is 11.2. The van der Waals surface area contributed by atoms with E-state index >= 15 is 0 Å². The summed E-state index contributed by atoms with van der Waals surface area (Å²) in [5.41, 5.74) is 10.9. The molecule has 33 heavy (non-hydrogen) atoms. The summed E-state index contributed by atoms with van der Waals surface area (Å²) in [6.07, 6.45) is 0. The molecular weight excluding hydrogens is 508 g/mol. The maximum absolute atomic E-state index is 10.6. The molecule has 0 heterocycles. The largest absolute Gasteiger partial charge is 2.00 e. The maximum Gasteiger partial charge on any atom is 2.00 e. The van der Waals surface area contributed by atoms with Gasteiger partial charge in [0.2, 0.25) is 0 Å². The van der Waals surface area contributed by atoms with Gasteiger partial charge in [0, 0.05) is 25.3 Å². The number of carboxylic acids is 2. The zero-order chi connectivity index (χ0) is 26.3. The molecule has 0 saturated carbocycles. The van der Waals surface area contributed by atoms with Crippen molar-refractivity contribution in [2.24, 2.45) is 23.3 Å². The van der Waals surface area contributed by atoms with Crippen LogP contribution in [-0.2, 0) is 35.5 Å². The molecule has 8 nitrogen and oxygen atoms in total. The second-order valence-electron chi connectivity index (χ2n) is 11.8. The van der Waals surface area contributed by atoms with Gasteiger partial charge in [-0.05, 0) is 48.1 Å². The second kappa shape index (κ2) is 14.3. The fourth-order valence-electron chi connectivity index (χ4n) is 1.78. The van der Waals surface area contributed by atoms with E-state index in [0.29, 0.717) is 13.2 Å². The third-order valence-electron chi connectivity index (χ3n) is 6.80. The maximum atomic E-state index is 10.6. The third-order valence-corrected chi connectivity index (χ3v) is 15.8. The molecule has 4 N–H and O–H groups in total. The van der Waals surface area contributed by atoms with Crippen LogP contribution in [0.3, 0.4) is 0 Å². The van der Waals surface area contributed by atoms with Crippen LogP contribution in [0.2, 0.25) is 36.3 Å². The molecule has 201 valence electrons. The van der Waals surface area contributed by atoms with E-state index in [0.717, 1.165) is 0 Å². The minimum Gasteiger partial charge on any atom is -0.548 e. The van der Waals surface area contributed by atoms with Crippen LogP contribution in [0.5, 0.6) is 0 Å². The molecule has 0 aromatic rings. The quantitative estimate of drug-likeness (QED) is 0.384. The molecule has 0 aromatic heterocycles. The van der Waals surface area contributed by atoms with Gasteiger partial charge in [0.05, 0.1) is 11.9 Å². The molecule has 4 atom stereocenters. The topological polar surface area (TPSA) is 151 Å². The fourth-order valence-corrected chi connectivity index (χ4v) is 4.01. The van der Waals surface area contributed by atoms with Crippen LogP contribution in [0.4, 0.5) is 0 Å². The molecule has 0 amide bonds. The molecule has 0 aliphatic rings. The van der Waals surface area contributed by atoms with E-state index in [1.165, 1.54) is 0 Å². The number of carbonyl (C=O) groups is 2. The van der Waals surface area contributed by atoms with Gasteiger partial charge in [0.15, 0.2) is 16.6 Å². The average Bonchev–Trinajstić information content (AvgIpc) is 2.61. The Hall–Kier alpha value is -0.267. The number of aliphatic carboxylic acids is 2. The summed E-state index contributed by atoms with van der Waals surface area (Å²) in [5, 5.41) is 21.4. The Balaban J connectivity index is -0.000000529. The summed E-state index contributed by atoms with van der Waals surface area (Å²) in [7, 11) is -3.63. The van der Waals surface area contributed by atoms with Crippen LogP contribution < -0.4 is 21.7 Å². The van der Waals surface area contributed by atoms with Gasteiger partial charge in [-0.25, -0.2) is 0 Å². The van der Waals surface area contributed by atoms with E-state index < -0.39 is 40.7 Å². The van der Waals surface area contributed by atoms with Crippen LogP contribution in [0.1, 0.15) is 55.4 Å². The summed E-state index contributed by atoms with van der Waals surface area (Å²) >= 11 is 0. The van der Waals surface area contributed by atoms with Crippen molar-refractivity contribution < 1.29 is 45.7 Å². The molecule has 0 rings (SSSR count). The van der Waals surface area contributed by atoms with Gasteiger partial charge >= 0.3 is 17.1 Å². The van der Waals surface area contributed by atoms with Gasteiger partial charge in [0.1, 0.15) is 0 Å². The third kappa shape index (κ3) is 13.4. The molecule has 0 aliphatic heterocycles. The summed E-state index contributed by atoms with van der Waals surface area (Å²) in [6.45, 7) is 25.7. The predicted molar refractivity (Wildman–Crippen MR) is 131 cm³/mol. The standard InChI is InChI=1S/2C11H25NO3Si.Cu/c2*1-8(9(12)10(13)14)7-15-16(5,6)11(2,3)4;/h2*8-9H,7,12H2,1-6H3,(H,13,14);/q;;+2/p-2/t2*8-,9+;/m00./s1. The molecule has 0 saturated heterocycles. The van der Waals surface area contributed by atoms with Crippen LogP contribution >= 0.6 is 0 Å². The molecule has 11 heteroatoms. The Morgan fingerprint density at radius 2 is 0.939 bits per heavy atom. The van der Waals surface area contributed by atoms with Crippen molar-refractivity contribution in [3.8, 4) is 0 Å². The van der Waals surface area contributed by atoms with E-state index in [2.05, 4.69) is 67.7 Å². The van der Waals surface area contributed by atoms with Crippen molar-refractivity contribution in [1.29, 1.82) is 0 Å². The molecule has 1 radical (unpaired) electrons. The molecular formula is C22H48CuN2O6Si2. The van der Waals surface area contributed by atoms with E-state index in [9.17, 15) is 19.8 Å². The first-order valence-corrected chi connectivity index (χ1v) is 17.0. The molecule has 0 bridgehead atoms. The van der Waals surface area contributed by atoms with Crippen molar-refractivity contribution in [2.75, 3.05) is 13.2 Å². The summed E-state index contributed by atoms with van der Waals surface area (Å²) in [6, 6.07) is -1.91. The molecule has 0 aromatic carbocycles. The molecule has 0 spiro atoms. The Kier molecular flexibility index (Phi) is 16.2. The van der Waals surface area contributed by atoms with Gasteiger partial charge in [-0.15, -0.1) is 0 Å². The van der Waals surface area contributed by atoms with E-state index in [-0.39, 0.29) is 39.0 Å². The van der Waals surface area contributed by atoms with Gasteiger partial charge in [-0.3, -0.25) is 0 Å². The van der Waals surface area contributed by atoms with E-state index in [1.54, 1.807) is 13.8 Å². The Bertz CT molecular complexity index is 555. The number of nitrogens with two attached hydrogens (primary N) is 2. The minimum atomic E-state index is -1.82. The molecule has 0 aliphatic carbocycles. The van der Waals surface area contributed by atoms with Crippen molar-refractivity contribution in [3.63, 3.8) is 0 Å².